The van der Waals surface area contributed by atoms with Gasteiger partial charge in [-0.15, -0.1) is 0 Å². The maximum absolute atomic E-state index is 12.6. The van der Waals surface area contributed by atoms with Crippen molar-refractivity contribution in [1.29, 1.82) is 0 Å². The standard InChI is InChI=1S/C20H25NO5/c1-20(2)8-13-4-3-5-16(18(13)26-20)25-11-17(22)21-9-14(12-6-7-12)15(10-21)19(23)24/h3-5,12,14-15H,6-11H2,1-2H3,(H,23,24)/t14-,15+/m1/s1. The first-order chi connectivity index (χ1) is 12.3. The van der Waals surface area contributed by atoms with Gasteiger partial charge < -0.3 is 19.5 Å². The van der Waals surface area contributed by atoms with E-state index in [1.165, 1.54) is 0 Å². The summed E-state index contributed by atoms with van der Waals surface area (Å²) in [5.74, 6) is 0.435. The van der Waals surface area contributed by atoms with Gasteiger partial charge in [-0.05, 0) is 44.6 Å². The minimum atomic E-state index is -0.797. The molecular weight excluding hydrogens is 334 g/mol. The van der Waals surface area contributed by atoms with E-state index in [0.29, 0.717) is 24.0 Å². The van der Waals surface area contributed by atoms with Crippen molar-refractivity contribution in [2.24, 2.45) is 17.8 Å². The van der Waals surface area contributed by atoms with Crippen LogP contribution in [0.25, 0.3) is 0 Å². The monoisotopic (exact) mass is 359 g/mol. The number of aliphatic carboxylic acids is 1. The molecular formula is C20H25NO5. The van der Waals surface area contributed by atoms with Crippen LogP contribution in [0.15, 0.2) is 18.2 Å². The second-order valence-corrected chi connectivity index (χ2v) is 8.32. The van der Waals surface area contributed by atoms with Gasteiger partial charge in [0.15, 0.2) is 18.1 Å². The van der Waals surface area contributed by atoms with Gasteiger partial charge >= 0.3 is 5.97 Å². The van der Waals surface area contributed by atoms with Crippen molar-refractivity contribution in [2.45, 2.75) is 38.7 Å². The molecule has 0 radical (unpaired) electrons. The number of carbonyl (C=O) groups is 2. The molecule has 2 aliphatic heterocycles. The fourth-order valence-corrected chi connectivity index (χ4v) is 4.23. The van der Waals surface area contributed by atoms with E-state index < -0.39 is 11.9 Å². The zero-order valence-corrected chi connectivity index (χ0v) is 15.2. The molecule has 1 aliphatic carbocycles. The van der Waals surface area contributed by atoms with E-state index in [1.54, 1.807) is 4.90 Å². The van der Waals surface area contributed by atoms with E-state index in [1.807, 2.05) is 32.0 Å². The number of para-hydroxylation sites is 1. The summed E-state index contributed by atoms with van der Waals surface area (Å²) in [4.78, 5) is 25.7. The molecule has 140 valence electrons. The summed E-state index contributed by atoms with van der Waals surface area (Å²) < 4.78 is 11.7. The summed E-state index contributed by atoms with van der Waals surface area (Å²) in [5, 5.41) is 9.44. The third-order valence-corrected chi connectivity index (χ3v) is 5.67. The number of rotatable bonds is 5. The highest BCUT2D eigenvalue weighted by Crippen LogP contribution is 2.44. The van der Waals surface area contributed by atoms with Crippen molar-refractivity contribution in [3.8, 4) is 11.5 Å². The summed E-state index contributed by atoms with van der Waals surface area (Å²) in [6.45, 7) is 4.77. The van der Waals surface area contributed by atoms with Crippen LogP contribution in [-0.4, -0.2) is 47.2 Å². The number of carbonyl (C=O) groups excluding carboxylic acids is 1. The van der Waals surface area contributed by atoms with Crippen molar-refractivity contribution in [2.75, 3.05) is 19.7 Å². The lowest BCUT2D eigenvalue weighted by Gasteiger charge is -2.19. The smallest absolute Gasteiger partial charge is 0.308 e. The van der Waals surface area contributed by atoms with E-state index in [0.717, 1.165) is 24.8 Å². The average Bonchev–Trinajstić information content (AvgIpc) is 3.22. The second-order valence-electron chi connectivity index (χ2n) is 8.32. The molecule has 1 N–H and O–H groups in total. The van der Waals surface area contributed by atoms with Gasteiger partial charge in [0.05, 0.1) is 5.92 Å². The van der Waals surface area contributed by atoms with Crippen molar-refractivity contribution in [1.82, 2.24) is 4.90 Å². The molecule has 3 aliphatic rings. The SMILES string of the molecule is CC1(C)Cc2cccc(OCC(=O)N3C[C@H](C(=O)O)[C@@H](C4CC4)C3)c2O1. The van der Waals surface area contributed by atoms with Crippen LogP contribution in [0, 0.1) is 17.8 Å². The number of ether oxygens (including phenoxy) is 2. The molecule has 1 saturated heterocycles. The molecule has 0 unspecified atom stereocenters. The van der Waals surface area contributed by atoms with Gasteiger partial charge in [0.1, 0.15) is 5.60 Å². The number of amides is 1. The Morgan fingerprint density at radius 2 is 2.08 bits per heavy atom. The molecule has 2 atom stereocenters. The van der Waals surface area contributed by atoms with Gasteiger partial charge in [-0.3, -0.25) is 9.59 Å². The van der Waals surface area contributed by atoms with Gasteiger partial charge in [-0.2, -0.15) is 0 Å². The Bertz CT molecular complexity index is 740. The molecule has 1 aromatic carbocycles. The first kappa shape index (κ1) is 17.2. The predicted octanol–water partition coefficient (Wildman–Crippen LogP) is 2.35. The highest BCUT2D eigenvalue weighted by Gasteiger charge is 2.46. The lowest BCUT2D eigenvalue weighted by atomic mass is 9.92. The third-order valence-electron chi connectivity index (χ3n) is 5.67. The Balaban J connectivity index is 1.40. The summed E-state index contributed by atoms with van der Waals surface area (Å²) in [7, 11) is 0. The molecule has 26 heavy (non-hydrogen) atoms. The number of carboxylic acids is 1. The summed E-state index contributed by atoms with van der Waals surface area (Å²) in [6.07, 6.45) is 2.97. The number of nitrogens with zero attached hydrogens (tertiary/aromatic N) is 1. The lowest BCUT2D eigenvalue weighted by Crippen LogP contribution is -2.34. The largest absolute Gasteiger partial charge is 0.483 e. The number of fused-ring (bicyclic) bond motifs is 1. The highest BCUT2D eigenvalue weighted by atomic mass is 16.5. The van der Waals surface area contributed by atoms with Crippen molar-refractivity contribution in [3.05, 3.63) is 23.8 Å². The minimum Gasteiger partial charge on any atom is -0.483 e. The van der Waals surface area contributed by atoms with Crippen LogP contribution in [0.4, 0.5) is 0 Å². The summed E-state index contributed by atoms with van der Waals surface area (Å²) >= 11 is 0. The first-order valence-electron chi connectivity index (χ1n) is 9.28. The molecule has 6 nitrogen and oxygen atoms in total. The van der Waals surface area contributed by atoms with E-state index in [9.17, 15) is 14.7 Å². The maximum Gasteiger partial charge on any atom is 0.308 e. The number of carboxylic acid groups (broad SMARTS) is 1. The number of hydrogen-bond acceptors (Lipinski definition) is 4. The zero-order chi connectivity index (χ0) is 18.5. The van der Waals surface area contributed by atoms with Gasteiger partial charge in [0.2, 0.25) is 0 Å². The molecule has 4 rings (SSSR count). The Morgan fingerprint density at radius 3 is 2.77 bits per heavy atom. The summed E-state index contributed by atoms with van der Waals surface area (Å²) in [5.41, 5.74) is 0.813. The Kier molecular flexibility index (Phi) is 4.09. The Morgan fingerprint density at radius 1 is 1.31 bits per heavy atom. The van der Waals surface area contributed by atoms with E-state index >= 15 is 0 Å². The molecule has 0 bridgehead atoms. The van der Waals surface area contributed by atoms with Gasteiger partial charge in [-0.25, -0.2) is 0 Å². The van der Waals surface area contributed by atoms with Crippen LogP contribution in [0.3, 0.4) is 0 Å². The van der Waals surface area contributed by atoms with Crippen LogP contribution >= 0.6 is 0 Å². The van der Waals surface area contributed by atoms with Gasteiger partial charge in [-0.1, -0.05) is 12.1 Å². The van der Waals surface area contributed by atoms with Crippen molar-refractivity contribution < 1.29 is 24.2 Å². The van der Waals surface area contributed by atoms with Gasteiger partial charge in [0, 0.05) is 25.1 Å². The van der Waals surface area contributed by atoms with Crippen LogP contribution in [-0.2, 0) is 16.0 Å². The van der Waals surface area contributed by atoms with E-state index in [4.69, 9.17) is 9.47 Å². The highest BCUT2D eigenvalue weighted by molar-refractivity contribution is 5.80. The molecule has 1 aromatic rings. The molecule has 2 heterocycles. The molecule has 0 spiro atoms. The predicted molar refractivity (Wildman–Crippen MR) is 94.3 cm³/mol. The van der Waals surface area contributed by atoms with Crippen LogP contribution in [0.1, 0.15) is 32.3 Å². The summed E-state index contributed by atoms with van der Waals surface area (Å²) in [6, 6.07) is 5.73. The fourth-order valence-electron chi connectivity index (χ4n) is 4.23. The maximum atomic E-state index is 12.6. The number of benzene rings is 1. The zero-order valence-electron chi connectivity index (χ0n) is 15.2. The number of likely N-dealkylation sites (tertiary alicyclic amines) is 1. The topological polar surface area (TPSA) is 76.1 Å². The molecule has 2 fully saturated rings. The molecule has 0 aromatic heterocycles. The Labute approximate surface area is 153 Å². The molecule has 1 saturated carbocycles. The van der Waals surface area contributed by atoms with Crippen molar-refractivity contribution >= 4 is 11.9 Å². The third kappa shape index (κ3) is 3.24. The van der Waals surface area contributed by atoms with Crippen LogP contribution in [0.5, 0.6) is 11.5 Å². The molecule has 1 amide bonds. The quantitative estimate of drug-likeness (QED) is 0.873. The van der Waals surface area contributed by atoms with E-state index in [2.05, 4.69) is 0 Å². The lowest BCUT2D eigenvalue weighted by molar-refractivity contribution is -0.142. The van der Waals surface area contributed by atoms with Gasteiger partial charge in [0.25, 0.3) is 5.91 Å². The second kappa shape index (κ2) is 6.18. The number of hydrogen-bond donors (Lipinski definition) is 1. The normalized spacial score (nSPS) is 26.3. The van der Waals surface area contributed by atoms with Crippen LogP contribution in [0.2, 0.25) is 0 Å². The molecule has 6 heteroatoms. The minimum absolute atomic E-state index is 0.0848. The van der Waals surface area contributed by atoms with E-state index in [-0.39, 0.29) is 30.6 Å². The Hall–Kier alpha value is -2.24. The fraction of sp³-hybridized carbons (Fsp3) is 0.600. The van der Waals surface area contributed by atoms with Crippen molar-refractivity contribution in [3.63, 3.8) is 0 Å². The first-order valence-corrected chi connectivity index (χ1v) is 9.28. The average molecular weight is 359 g/mol. The van der Waals surface area contributed by atoms with Crippen LogP contribution < -0.4 is 9.47 Å².